The Morgan fingerprint density at radius 3 is 1.82 bits per heavy atom. The number of fused-ring (bicyclic) bond motifs is 6. The Morgan fingerprint density at radius 2 is 1.07 bits per heavy atom. The highest BCUT2D eigenvalue weighted by molar-refractivity contribution is 6.08. The van der Waals surface area contributed by atoms with E-state index in [0.29, 0.717) is 0 Å². The fourth-order valence-corrected chi connectivity index (χ4v) is 8.48. The van der Waals surface area contributed by atoms with Gasteiger partial charge in [0.2, 0.25) is 0 Å². The van der Waals surface area contributed by atoms with Gasteiger partial charge in [-0.2, -0.15) is 0 Å². The zero-order valence-corrected chi connectivity index (χ0v) is 33.7. The number of hydrogen-bond acceptors (Lipinski definition) is 5. The van der Waals surface area contributed by atoms with Crippen molar-refractivity contribution in [3.05, 3.63) is 182 Å². The summed E-state index contributed by atoms with van der Waals surface area (Å²) in [5.74, 6) is 0.803. The predicted molar refractivity (Wildman–Crippen MR) is 247 cm³/mol. The van der Waals surface area contributed by atoms with Crippen molar-refractivity contribution in [3.63, 3.8) is 0 Å². The molecule has 11 rings (SSSR count). The van der Waals surface area contributed by atoms with E-state index in [1.165, 1.54) is 12.0 Å². The van der Waals surface area contributed by atoms with Crippen LogP contribution in [0.1, 0.15) is 45.2 Å². The van der Waals surface area contributed by atoms with Crippen LogP contribution in [0.2, 0.25) is 0 Å². The van der Waals surface area contributed by atoms with Crippen molar-refractivity contribution in [2.75, 3.05) is 0 Å². The minimum absolute atomic E-state index is 0.764. The lowest BCUT2D eigenvalue weighted by Crippen LogP contribution is -2.01. The number of nitrogens with zero attached hydrogens (tertiary/aromatic N) is 7. The molecule has 0 amide bonds. The number of aromatic nitrogens is 7. The van der Waals surface area contributed by atoms with Crippen LogP contribution in [-0.2, 0) is 0 Å². The lowest BCUT2D eigenvalue weighted by atomic mass is 9.99. The van der Waals surface area contributed by atoms with E-state index in [1.807, 2.05) is 44.4 Å². The van der Waals surface area contributed by atoms with Gasteiger partial charge < -0.3 is 4.57 Å². The highest BCUT2D eigenvalue weighted by atomic mass is 15.1. The molecule has 0 saturated heterocycles. The Morgan fingerprint density at radius 1 is 0.467 bits per heavy atom. The minimum atomic E-state index is 0.764. The van der Waals surface area contributed by atoms with Gasteiger partial charge in [0.25, 0.3) is 0 Å². The maximum Gasteiger partial charge on any atom is 0.138 e. The topological polar surface area (TPSA) is 74.3 Å². The van der Waals surface area contributed by atoms with Gasteiger partial charge in [-0.25, -0.2) is 15.0 Å². The molecule has 0 aliphatic heterocycles. The van der Waals surface area contributed by atoms with Crippen molar-refractivity contribution in [1.82, 2.24) is 34.1 Å². The van der Waals surface area contributed by atoms with Crippen molar-refractivity contribution in [2.24, 2.45) is 0 Å². The predicted octanol–water partition coefficient (Wildman–Crippen LogP) is 13.4. The number of pyridine rings is 5. The van der Waals surface area contributed by atoms with E-state index in [4.69, 9.17) is 24.9 Å². The van der Waals surface area contributed by atoms with Gasteiger partial charge in [0.15, 0.2) is 0 Å². The van der Waals surface area contributed by atoms with Gasteiger partial charge in [0, 0.05) is 28.9 Å². The molecule has 3 aromatic carbocycles. The lowest BCUT2D eigenvalue weighted by Gasteiger charge is -2.14. The van der Waals surface area contributed by atoms with Crippen molar-refractivity contribution >= 4 is 49.4 Å². The number of rotatable bonds is 6. The average Bonchev–Trinajstić information content (AvgIpc) is 3.83. The molecule has 0 fully saturated rings. The molecular formula is C53H43N7. The number of para-hydroxylation sites is 2. The van der Waals surface area contributed by atoms with Gasteiger partial charge in [0.1, 0.15) is 5.82 Å². The third kappa shape index (κ3) is 6.64. The summed E-state index contributed by atoms with van der Waals surface area (Å²) < 4.78 is 4.50. The third-order valence-electron chi connectivity index (χ3n) is 11.2. The van der Waals surface area contributed by atoms with E-state index in [2.05, 4.69) is 155 Å². The van der Waals surface area contributed by atoms with Crippen molar-refractivity contribution in [2.45, 2.75) is 39.5 Å². The first-order valence-electron chi connectivity index (χ1n) is 20.9. The molecule has 60 heavy (non-hydrogen) atoms. The summed E-state index contributed by atoms with van der Waals surface area (Å²) in [4.78, 5) is 25.4. The molecule has 1 aliphatic rings. The standard InChI is InChI=1S/C51H37N7.C2H6/c1-2-4-15-34(16-5-3-1)40-21-11-22-41(54-40)43-32-36(35-17-10-18-37(31-35)57-45-24-8-6-19-38(45)50-47(57)26-13-29-52-50)33-44(55-43)42-23-12-28-49(56-42)58-46-25-9-7-20-39(46)51-48(58)27-14-30-53-51;1-2/h2,4,6-15,17-33H,1,3,5,16H2;1-2H3/b4-2-,34-15+;. The summed E-state index contributed by atoms with van der Waals surface area (Å²) in [6, 6.07) is 50.6. The Balaban J connectivity index is 0.00000213. The third-order valence-corrected chi connectivity index (χ3v) is 11.2. The summed E-state index contributed by atoms with van der Waals surface area (Å²) in [5, 5.41) is 2.22. The van der Waals surface area contributed by atoms with E-state index < -0.39 is 0 Å². The summed E-state index contributed by atoms with van der Waals surface area (Å²) in [6.07, 6.45) is 14.8. The lowest BCUT2D eigenvalue weighted by molar-refractivity contribution is 0.764. The molecule has 7 heteroatoms. The highest BCUT2D eigenvalue weighted by Crippen LogP contribution is 2.36. The molecule has 290 valence electrons. The first kappa shape index (κ1) is 36.8. The van der Waals surface area contributed by atoms with E-state index in [9.17, 15) is 0 Å². The SMILES string of the molecule is C1=C\CCCC\C(c2cccc(-c3cc(-c4cccc(-n5c6ccccc6c6ncccc65)c4)cc(-c4cccc(-n5c6ccccc6c6ncccc65)n4)n3)n2)=C/1.CC. The molecule has 7 nitrogen and oxygen atoms in total. The van der Waals surface area contributed by atoms with E-state index in [0.717, 1.165) is 114 Å². The van der Waals surface area contributed by atoms with Gasteiger partial charge in [0.05, 0.1) is 61.6 Å². The van der Waals surface area contributed by atoms with Crippen molar-refractivity contribution < 1.29 is 0 Å². The van der Waals surface area contributed by atoms with Gasteiger partial charge in [-0.1, -0.05) is 92.7 Å². The van der Waals surface area contributed by atoms with Crippen molar-refractivity contribution in [3.8, 4) is 45.4 Å². The molecule has 0 radical (unpaired) electrons. The maximum atomic E-state index is 5.33. The molecule has 1 aliphatic carbocycles. The van der Waals surface area contributed by atoms with E-state index >= 15 is 0 Å². The van der Waals surface area contributed by atoms with Crippen LogP contribution in [0.4, 0.5) is 0 Å². The molecule has 10 aromatic rings. The quantitative estimate of drug-likeness (QED) is 0.168. The zero-order valence-electron chi connectivity index (χ0n) is 33.7. The summed E-state index contributed by atoms with van der Waals surface area (Å²) in [6.45, 7) is 4.00. The van der Waals surface area contributed by atoms with Crippen LogP contribution in [0.3, 0.4) is 0 Å². The Bertz CT molecular complexity index is 2980. The van der Waals surface area contributed by atoms with Crippen LogP contribution < -0.4 is 0 Å². The van der Waals surface area contributed by atoms with Crippen LogP contribution in [0.25, 0.3) is 94.9 Å². The molecule has 0 unspecified atom stereocenters. The summed E-state index contributed by atoms with van der Waals surface area (Å²) in [7, 11) is 0. The first-order valence-corrected chi connectivity index (χ1v) is 20.9. The normalized spacial score (nSPS) is 14.3. The second-order valence-corrected chi connectivity index (χ2v) is 14.8. The van der Waals surface area contributed by atoms with Crippen LogP contribution >= 0.6 is 0 Å². The van der Waals surface area contributed by atoms with Crippen LogP contribution in [0, 0.1) is 0 Å². The molecular weight excluding hydrogens is 735 g/mol. The molecule has 0 spiro atoms. The van der Waals surface area contributed by atoms with Gasteiger partial charge in [-0.05, 0) is 127 Å². The van der Waals surface area contributed by atoms with Gasteiger partial charge >= 0.3 is 0 Å². The molecule has 7 heterocycles. The van der Waals surface area contributed by atoms with E-state index in [-0.39, 0.29) is 0 Å². The zero-order chi connectivity index (χ0) is 40.4. The number of hydrogen-bond donors (Lipinski definition) is 0. The molecule has 0 atom stereocenters. The smallest absolute Gasteiger partial charge is 0.138 e. The van der Waals surface area contributed by atoms with Crippen LogP contribution in [0.15, 0.2) is 176 Å². The second-order valence-electron chi connectivity index (χ2n) is 14.8. The highest BCUT2D eigenvalue weighted by Gasteiger charge is 2.18. The Labute approximate surface area is 349 Å². The van der Waals surface area contributed by atoms with Crippen molar-refractivity contribution in [1.29, 1.82) is 0 Å². The van der Waals surface area contributed by atoms with Gasteiger partial charge in [-0.3, -0.25) is 14.5 Å². The van der Waals surface area contributed by atoms with Crippen LogP contribution in [-0.4, -0.2) is 34.1 Å². The molecule has 0 bridgehead atoms. The number of benzene rings is 3. The number of allylic oxidation sites excluding steroid dienone is 4. The van der Waals surface area contributed by atoms with Gasteiger partial charge in [-0.15, -0.1) is 0 Å². The Kier molecular flexibility index (Phi) is 9.83. The maximum absolute atomic E-state index is 5.33. The summed E-state index contributed by atoms with van der Waals surface area (Å²) in [5.41, 5.74) is 14.7. The Hall–Kier alpha value is -7.51. The fourth-order valence-electron chi connectivity index (χ4n) is 8.48. The molecule has 0 N–H and O–H groups in total. The fraction of sp³-hybridized carbons (Fsp3) is 0.113. The molecule has 0 saturated carbocycles. The van der Waals surface area contributed by atoms with Crippen LogP contribution in [0.5, 0.6) is 0 Å². The largest absolute Gasteiger partial charge is 0.308 e. The minimum Gasteiger partial charge on any atom is -0.308 e. The average molecular weight is 778 g/mol. The van der Waals surface area contributed by atoms with E-state index in [1.54, 1.807) is 0 Å². The monoisotopic (exact) mass is 777 g/mol. The second kappa shape index (κ2) is 16.0. The summed E-state index contributed by atoms with van der Waals surface area (Å²) >= 11 is 0. The molecule has 7 aromatic heterocycles. The first-order chi connectivity index (χ1) is 29.8.